The SMILES string of the molecule is CC1NC(c2ccccc2F)N(C(C)CCS(C)=O)C1=O. The molecular weight excluding hydrogens is 291 g/mol. The van der Waals surface area contributed by atoms with Crippen LogP contribution in [0.3, 0.4) is 0 Å². The Labute approximate surface area is 127 Å². The molecule has 0 spiro atoms. The third kappa shape index (κ3) is 3.49. The minimum absolute atomic E-state index is 0.0439. The normalized spacial score (nSPS) is 25.1. The molecule has 0 aromatic heterocycles. The number of nitrogens with one attached hydrogen (secondary N) is 1. The second-order valence-electron chi connectivity index (χ2n) is 5.47. The van der Waals surface area contributed by atoms with Crippen LogP contribution >= 0.6 is 0 Å². The van der Waals surface area contributed by atoms with Gasteiger partial charge in [0.2, 0.25) is 5.91 Å². The highest BCUT2D eigenvalue weighted by Crippen LogP contribution is 2.29. The molecule has 6 heteroatoms. The van der Waals surface area contributed by atoms with Gasteiger partial charge in [-0.1, -0.05) is 18.2 Å². The number of amides is 1. The second kappa shape index (κ2) is 6.66. The lowest BCUT2D eigenvalue weighted by Crippen LogP contribution is -2.39. The molecule has 4 atom stereocenters. The van der Waals surface area contributed by atoms with E-state index in [0.29, 0.717) is 17.7 Å². The van der Waals surface area contributed by atoms with Crippen LogP contribution in [0.15, 0.2) is 24.3 Å². The highest BCUT2D eigenvalue weighted by Gasteiger charge is 2.40. The van der Waals surface area contributed by atoms with Gasteiger partial charge in [0.05, 0.1) is 6.04 Å². The van der Waals surface area contributed by atoms with Gasteiger partial charge in [0.15, 0.2) is 0 Å². The average Bonchev–Trinajstić information content (AvgIpc) is 2.73. The Morgan fingerprint density at radius 1 is 1.43 bits per heavy atom. The van der Waals surface area contributed by atoms with Crippen molar-refractivity contribution in [3.63, 3.8) is 0 Å². The summed E-state index contributed by atoms with van der Waals surface area (Å²) >= 11 is 0. The summed E-state index contributed by atoms with van der Waals surface area (Å²) in [5.74, 6) is 0.161. The average molecular weight is 312 g/mol. The lowest BCUT2D eigenvalue weighted by molar-refractivity contribution is -0.131. The quantitative estimate of drug-likeness (QED) is 0.902. The van der Waals surface area contributed by atoms with Crippen molar-refractivity contribution in [1.82, 2.24) is 10.2 Å². The Hall–Kier alpha value is -1.27. The topological polar surface area (TPSA) is 49.4 Å². The number of carbonyl (C=O) groups is 1. The van der Waals surface area contributed by atoms with Crippen molar-refractivity contribution in [2.24, 2.45) is 0 Å². The van der Waals surface area contributed by atoms with E-state index in [9.17, 15) is 13.4 Å². The van der Waals surface area contributed by atoms with Crippen molar-refractivity contribution in [2.75, 3.05) is 12.0 Å². The molecule has 21 heavy (non-hydrogen) atoms. The number of nitrogens with zero attached hydrogens (tertiary/aromatic N) is 1. The Morgan fingerprint density at radius 2 is 2.10 bits per heavy atom. The fourth-order valence-electron chi connectivity index (χ4n) is 2.62. The molecule has 1 heterocycles. The third-order valence-corrected chi connectivity index (χ3v) is 4.62. The van der Waals surface area contributed by atoms with Crippen LogP contribution in [0.4, 0.5) is 4.39 Å². The maximum Gasteiger partial charge on any atom is 0.241 e. The number of hydrogen-bond acceptors (Lipinski definition) is 3. The van der Waals surface area contributed by atoms with Crippen LogP contribution in [-0.2, 0) is 15.6 Å². The van der Waals surface area contributed by atoms with Crippen LogP contribution < -0.4 is 5.32 Å². The van der Waals surface area contributed by atoms with Crippen molar-refractivity contribution in [2.45, 2.75) is 38.5 Å². The molecule has 1 saturated heterocycles. The van der Waals surface area contributed by atoms with Crippen LogP contribution in [0.5, 0.6) is 0 Å². The number of rotatable bonds is 5. The smallest absolute Gasteiger partial charge is 0.241 e. The molecule has 1 aliphatic heterocycles. The largest absolute Gasteiger partial charge is 0.319 e. The fraction of sp³-hybridized carbons (Fsp3) is 0.533. The molecule has 116 valence electrons. The zero-order valence-electron chi connectivity index (χ0n) is 12.5. The lowest BCUT2D eigenvalue weighted by Gasteiger charge is -2.30. The van der Waals surface area contributed by atoms with Gasteiger partial charge in [0, 0.05) is 34.4 Å². The predicted octanol–water partition coefficient (Wildman–Crippen LogP) is 1.80. The maximum absolute atomic E-state index is 14.0. The molecule has 2 rings (SSSR count). The Morgan fingerprint density at radius 3 is 2.71 bits per heavy atom. The van der Waals surface area contributed by atoms with E-state index in [1.54, 1.807) is 36.3 Å². The van der Waals surface area contributed by atoms with Gasteiger partial charge in [-0.2, -0.15) is 0 Å². The Balaban J connectivity index is 2.25. The molecule has 1 aromatic rings. The van der Waals surface area contributed by atoms with Gasteiger partial charge in [-0.05, 0) is 26.3 Å². The van der Waals surface area contributed by atoms with Crippen LogP contribution in [0.1, 0.15) is 32.0 Å². The second-order valence-corrected chi connectivity index (χ2v) is 7.03. The summed E-state index contributed by atoms with van der Waals surface area (Å²) in [5.41, 5.74) is 0.472. The molecule has 4 nitrogen and oxygen atoms in total. The van der Waals surface area contributed by atoms with E-state index >= 15 is 0 Å². The van der Waals surface area contributed by atoms with Gasteiger partial charge in [-0.15, -0.1) is 0 Å². The van der Waals surface area contributed by atoms with Crippen LogP contribution in [0, 0.1) is 5.82 Å². The van der Waals surface area contributed by atoms with E-state index < -0.39 is 17.0 Å². The van der Waals surface area contributed by atoms with E-state index in [-0.39, 0.29) is 23.8 Å². The van der Waals surface area contributed by atoms with Crippen LogP contribution in [0.2, 0.25) is 0 Å². The summed E-state index contributed by atoms with van der Waals surface area (Å²) in [6, 6.07) is 6.04. The van der Waals surface area contributed by atoms with Gasteiger partial charge >= 0.3 is 0 Å². The van der Waals surface area contributed by atoms with Crippen LogP contribution in [-0.4, -0.2) is 39.1 Å². The van der Waals surface area contributed by atoms with Crippen molar-refractivity contribution >= 4 is 16.7 Å². The van der Waals surface area contributed by atoms with Gasteiger partial charge in [-0.25, -0.2) is 4.39 Å². The number of halogens is 1. The van der Waals surface area contributed by atoms with Crippen molar-refractivity contribution < 1.29 is 13.4 Å². The highest BCUT2D eigenvalue weighted by molar-refractivity contribution is 7.84. The number of carbonyl (C=O) groups excluding carboxylic acids is 1. The third-order valence-electron chi connectivity index (χ3n) is 3.81. The lowest BCUT2D eigenvalue weighted by atomic mass is 10.1. The standard InChI is InChI=1S/C15H21FN2O2S/c1-10(8-9-21(3)20)18-14(17-11(2)15(18)19)12-6-4-5-7-13(12)16/h4-7,10-11,14,17H,8-9H2,1-3H3. The van der Waals surface area contributed by atoms with E-state index in [1.165, 1.54) is 6.07 Å². The molecule has 1 aliphatic rings. The van der Waals surface area contributed by atoms with Crippen molar-refractivity contribution in [3.8, 4) is 0 Å². The first-order valence-corrected chi connectivity index (χ1v) is 8.77. The summed E-state index contributed by atoms with van der Waals surface area (Å²) in [5, 5.41) is 3.14. The van der Waals surface area contributed by atoms with Gasteiger partial charge in [-0.3, -0.25) is 14.3 Å². The summed E-state index contributed by atoms with van der Waals surface area (Å²) in [4.78, 5) is 14.0. The maximum atomic E-state index is 14.0. The molecule has 1 fully saturated rings. The monoisotopic (exact) mass is 312 g/mol. The summed E-state index contributed by atoms with van der Waals surface area (Å²) < 4.78 is 25.3. The molecule has 1 N–H and O–H groups in total. The molecule has 0 radical (unpaired) electrons. The fourth-order valence-corrected chi connectivity index (χ4v) is 3.30. The van der Waals surface area contributed by atoms with E-state index in [0.717, 1.165) is 0 Å². The first-order valence-electron chi connectivity index (χ1n) is 7.04. The van der Waals surface area contributed by atoms with E-state index in [4.69, 9.17) is 0 Å². The first-order chi connectivity index (χ1) is 9.91. The summed E-state index contributed by atoms with van der Waals surface area (Å²) in [6.45, 7) is 3.69. The molecular formula is C15H21FN2O2S. The van der Waals surface area contributed by atoms with E-state index in [2.05, 4.69) is 5.32 Å². The number of benzene rings is 1. The van der Waals surface area contributed by atoms with Crippen molar-refractivity contribution in [1.29, 1.82) is 0 Å². The van der Waals surface area contributed by atoms with E-state index in [1.807, 2.05) is 6.92 Å². The Bertz CT molecular complexity index is 552. The van der Waals surface area contributed by atoms with Gasteiger partial charge < -0.3 is 4.90 Å². The molecule has 1 amide bonds. The minimum atomic E-state index is -0.899. The van der Waals surface area contributed by atoms with Gasteiger partial charge in [0.25, 0.3) is 0 Å². The highest BCUT2D eigenvalue weighted by atomic mass is 32.2. The first kappa shape index (κ1) is 16.1. The minimum Gasteiger partial charge on any atom is -0.319 e. The van der Waals surface area contributed by atoms with Gasteiger partial charge in [0.1, 0.15) is 12.0 Å². The molecule has 4 unspecified atom stereocenters. The Kier molecular flexibility index (Phi) is 5.11. The molecule has 0 aliphatic carbocycles. The van der Waals surface area contributed by atoms with Crippen molar-refractivity contribution in [3.05, 3.63) is 35.6 Å². The molecule has 1 aromatic carbocycles. The number of hydrogen-bond donors (Lipinski definition) is 1. The predicted molar refractivity (Wildman–Crippen MR) is 81.6 cm³/mol. The zero-order chi connectivity index (χ0) is 15.6. The summed E-state index contributed by atoms with van der Waals surface area (Å²) in [7, 11) is -0.899. The zero-order valence-corrected chi connectivity index (χ0v) is 13.3. The van der Waals surface area contributed by atoms with Crippen LogP contribution in [0.25, 0.3) is 0 Å². The summed E-state index contributed by atoms with van der Waals surface area (Å²) in [6.07, 6.45) is 1.82. The molecule has 0 bridgehead atoms. The molecule has 0 saturated carbocycles.